The molecule has 314 valence electrons. The Balaban J connectivity index is 1.05. The van der Waals surface area contributed by atoms with E-state index in [1.165, 1.54) is 0 Å². The Kier molecular flexibility index (Phi) is 9.95. The van der Waals surface area contributed by atoms with Crippen LogP contribution in [0.4, 0.5) is 0 Å². The Morgan fingerprint density at radius 2 is 1.44 bits per heavy atom. The summed E-state index contributed by atoms with van der Waals surface area (Å²) in [7, 11) is 0. The second kappa shape index (κ2) is 13.4. The van der Waals surface area contributed by atoms with E-state index in [0.29, 0.717) is 19.4 Å². The highest BCUT2D eigenvalue weighted by molar-refractivity contribution is 5.36. The van der Waals surface area contributed by atoms with Crippen LogP contribution in [0.3, 0.4) is 0 Å². The summed E-state index contributed by atoms with van der Waals surface area (Å²) >= 11 is 0. The molecule has 0 radical (unpaired) electrons. The summed E-state index contributed by atoms with van der Waals surface area (Å²) < 4.78 is 31.2. The zero-order valence-corrected chi connectivity index (χ0v) is 33.7. The highest BCUT2D eigenvalue weighted by atomic mass is 16.7. The number of rotatable bonds is 6. The minimum Gasteiger partial charge on any atom is -0.396 e. The molecule has 55 heavy (non-hydrogen) atoms. The number of aliphatic hydroxyl groups is 8. The van der Waals surface area contributed by atoms with Gasteiger partial charge in [-0.2, -0.15) is 0 Å². The maximum Gasteiger partial charge on any atom is 0.187 e. The highest BCUT2D eigenvalue weighted by Gasteiger charge is 2.79. The molecule has 3 saturated heterocycles. The lowest BCUT2D eigenvalue weighted by Gasteiger charge is -2.73. The van der Waals surface area contributed by atoms with Crippen molar-refractivity contribution in [3.8, 4) is 0 Å². The molecular formula is C42H68O13. The minimum atomic E-state index is -1.72. The van der Waals surface area contributed by atoms with Gasteiger partial charge >= 0.3 is 0 Å². The monoisotopic (exact) mass is 780 g/mol. The average Bonchev–Trinajstić information content (AvgIpc) is 3.41. The first-order valence-corrected chi connectivity index (χ1v) is 20.9. The van der Waals surface area contributed by atoms with E-state index in [1.807, 2.05) is 0 Å². The van der Waals surface area contributed by atoms with Gasteiger partial charge in [-0.3, -0.25) is 0 Å². The van der Waals surface area contributed by atoms with Gasteiger partial charge in [0.15, 0.2) is 12.6 Å². The lowest BCUT2D eigenvalue weighted by atomic mass is 9.32. The van der Waals surface area contributed by atoms with Gasteiger partial charge in [-0.25, -0.2) is 0 Å². The van der Waals surface area contributed by atoms with E-state index < -0.39 is 91.2 Å². The fourth-order valence-electron chi connectivity index (χ4n) is 14.3. The van der Waals surface area contributed by atoms with Gasteiger partial charge in [-0.05, 0) is 86.4 Å². The van der Waals surface area contributed by atoms with Crippen LogP contribution in [0.1, 0.15) is 99.8 Å². The van der Waals surface area contributed by atoms with Crippen molar-refractivity contribution >= 4 is 0 Å². The Labute approximate surface area is 325 Å². The Morgan fingerprint density at radius 1 is 0.727 bits per heavy atom. The molecule has 8 N–H and O–H groups in total. The van der Waals surface area contributed by atoms with Crippen molar-refractivity contribution < 1.29 is 64.5 Å². The largest absolute Gasteiger partial charge is 0.396 e. The van der Waals surface area contributed by atoms with Crippen LogP contribution in [0.5, 0.6) is 0 Å². The lowest BCUT2D eigenvalue weighted by Crippen LogP contribution is -2.72. The quantitative estimate of drug-likeness (QED) is 0.143. The zero-order chi connectivity index (χ0) is 39.9. The second-order valence-electron chi connectivity index (χ2n) is 21.0. The van der Waals surface area contributed by atoms with Gasteiger partial charge in [0, 0.05) is 22.2 Å². The number of hydrogen-bond acceptors (Lipinski definition) is 13. The number of ether oxygens (including phenoxy) is 5. The van der Waals surface area contributed by atoms with Gasteiger partial charge < -0.3 is 64.5 Å². The molecule has 5 aliphatic carbocycles. The van der Waals surface area contributed by atoms with Crippen molar-refractivity contribution in [3.63, 3.8) is 0 Å². The smallest absolute Gasteiger partial charge is 0.187 e. The maximum absolute atomic E-state index is 12.1. The molecule has 0 amide bonds. The number of fused-ring (bicyclic) bond motifs is 4. The molecule has 0 aromatic rings. The zero-order valence-electron chi connectivity index (χ0n) is 33.7. The van der Waals surface area contributed by atoms with E-state index in [2.05, 4.69) is 53.7 Å². The van der Waals surface area contributed by atoms with Crippen LogP contribution in [-0.4, -0.2) is 140 Å². The molecule has 2 bridgehead atoms. The summed E-state index contributed by atoms with van der Waals surface area (Å²) in [5.74, 6) is 0.449. The summed E-state index contributed by atoms with van der Waals surface area (Å²) in [5, 5.41) is 87.0. The van der Waals surface area contributed by atoms with Crippen LogP contribution in [0, 0.1) is 50.2 Å². The van der Waals surface area contributed by atoms with Gasteiger partial charge in [-0.1, -0.05) is 53.7 Å². The third-order valence-corrected chi connectivity index (χ3v) is 17.9. The first-order valence-electron chi connectivity index (χ1n) is 20.9. The molecule has 3 heterocycles. The SMILES string of the molecule is C[C@H]1O[C@@H](O[C@H]2CC[C@@]3(C)[C@@H](CC[C@]4(C)[C@@H]3C=C[C@@]35OC[C@@]6(CCC(C)(C)C[C@@H]63)[C@@H](O)C[C@@]45C)[C@]2(C)CO)[C@H](O)[C@@H](O[C@@H]2O[C@H](CO)[C@@H](O)[C@H](O)[C@H]2O)[C@H]1O. The molecule has 0 unspecified atom stereocenters. The molecule has 7 fully saturated rings. The highest BCUT2D eigenvalue weighted by Crippen LogP contribution is 2.79. The van der Waals surface area contributed by atoms with Crippen molar-refractivity contribution in [1.29, 1.82) is 0 Å². The molecule has 0 aromatic heterocycles. The molecule has 8 rings (SSSR count). The molecule has 13 heteroatoms. The normalized spacial score (nSPS) is 59.7. The van der Waals surface area contributed by atoms with Crippen LogP contribution in [0.15, 0.2) is 12.2 Å². The van der Waals surface area contributed by atoms with Crippen molar-refractivity contribution in [1.82, 2.24) is 0 Å². The van der Waals surface area contributed by atoms with Crippen LogP contribution in [-0.2, 0) is 23.7 Å². The minimum absolute atomic E-state index is 0.0414. The van der Waals surface area contributed by atoms with Crippen LogP contribution < -0.4 is 0 Å². The maximum atomic E-state index is 12.1. The predicted octanol–water partition coefficient (Wildman–Crippen LogP) is 1.78. The van der Waals surface area contributed by atoms with Crippen LogP contribution in [0.25, 0.3) is 0 Å². The van der Waals surface area contributed by atoms with E-state index >= 15 is 0 Å². The fourth-order valence-corrected chi connectivity index (χ4v) is 14.3. The molecule has 4 saturated carbocycles. The van der Waals surface area contributed by atoms with Crippen molar-refractivity contribution in [2.75, 3.05) is 19.8 Å². The van der Waals surface area contributed by atoms with E-state index in [4.69, 9.17) is 23.7 Å². The first-order chi connectivity index (χ1) is 25.7. The van der Waals surface area contributed by atoms with E-state index in [1.54, 1.807) is 6.92 Å². The Hall–Kier alpha value is -0.780. The summed E-state index contributed by atoms with van der Waals surface area (Å²) in [5.41, 5.74) is -1.90. The third-order valence-electron chi connectivity index (χ3n) is 17.9. The molecule has 0 aromatic carbocycles. The van der Waals surface area contributed by atoms with E-state index in [0.717, 1.165) is 38.5 Å². The number of allylic oxidation sites excluding steroid dienone is 1. The lowest BCUT2D eigenvalue weighted by molar-refractivity contribution is -0.367. The third kappa shape index (κ3) is 5.44. The van der Waals surface area contributed by atoms with Crippen molar-refractivity contribution in [3.05, 3.63) is 12.2 Å². The van der Waals surface area contributed by atoms with Crippen molar-refractivity contribution in [2.45, 2.75) is 179 Å². The molecule has 1 spiro atoms. The van der Waals surface area contributed by atoms with Gasteiger partial charge in [0.2, 0.25) is 0 Å². The van der Waals surface area contributed by atoms with Gasteiger partial charge in [0.1, 0.15) is 42.7 Å². The topological polar surface area (TPSA) is 208 Å². The molecule has 3 aliphatic heterocycles. The summed E-state index contributed by atoms with van der Waals surface area (Å²) in [6, 6.07) is 0. The standard InChI is InChI=1S/C42H68O13/c1-21-28(46)33(55-34-31(49)30(48)29(47)22(18-43)53-34)32(50)35(52-21)54-27-10-11-37(4)23(38(27,5)19-44)8-12-39(6)24(37)9-13-42-25-16-36(2,3)14-15-41(25,20-51-42)26(45)17-40(39,42)7/h9,13,21-35,43-50H,8,10-12,14-20H2,1-7H3/t21-,22-,23-,24-,25+,26+,27+,28+,29-,30+,31-,32-,33+,34+,35+,37+,38+,39-,40+,41-,42-/m1/s1. The molecule has 13 nitrogen and oxygen atoms in total. The number of aliphatic hydroxyl groups excluding tert-OH is 8. The Bertz CT molecular complexity index is 1490. The van der Waals surface area contributed by atoms with Gasteiger partial charge in [0.25, 0.3) is 0 Å². The first kappa shape index (κ1) is 41.0. The Morgan fingerprint density at radius 3 is 2.13 bits per heavy atom. The van der Waals surface area contributed by atoms with Crippen LogP contribution >= 0.6 is 0 Å². The van der Waals surface area contributed by atoms with Crippen molar-refractivity contribution in [2.24, 2.45) is 50.2 Å². The summed E-state index contributed by atoms with van der Waals surface area (Å²) in [4.78, 5) is 0. The molecular weight excluding hydrogens is 712 g/mol. The fraction of sp³-hybridized carbons (Fsp3) is 0.952. The summed E-state index contributed by atoms with van der Waals surface area (Å²) in [6.45, 7) is 15.4. The average molecular weight is 781 g/mol. The van der Waals surface area contributed by atoms with Gasteiger partial charge in [-0.15, -0.1) is 0 Å². The van der Waals surface area contributed by atoms with Gasteiger partial charge in [0.05, 0.1) is 43.7 Å². The summed E-state index contributed by atoms with van der Waals surface area (Å²) in [6.07, 6.45) is -3.39. The predicted molar refractivity (Wildman–Crippen MR) is 197 cm³/mol. The second-order valence-corrected chi connectivity index (χ2v) is 21.0. The number of hydrogen-bond donors (Lipinski definition) is 8. The molecule has 21 atom stereocenters. The molecule has 8 aliphatic rings. The van der Waals surface area contributed by atoms with E-state index in [9.17, 15) is 40.9 Å². The van der Waals surface area contributed by atoms with E-state index in [-0.39, 0.29) is 51.4 Å². The van der Waals surface area contributed by atoms with Crippen LogP contribution in [0.2, 0.25) is 0 Å².